The Labute approximate surface area is 148 Å². The molecule has 5 nitrogen and oxygen atoms in total. The summed E-state index contributed by atoms with van der Waals surface area (Å²) in [6.45, 7) is 3.74. The number of aromatic amines is 1. The molecule has 5 heteroatoms. The molecule has 2 aromatic rings. The second-order valence-corrected chi connectivity index (χ2v) is 8.83. The first kappa shape index (κ1) is 14.5. The number of hydrogen-bond donors (Lipinski definition) is 1. The molecule has 0 unspecified atom stereocenters. The van der Waals surface area contributed by atoms with Crippen LogP contribution in [0, 0.1) is 17.8 Å². The van der Waals surface area contributed by atoms with Crippen LogP contribution in [-0.4, -0.2) is 51.8 Å². The summed E-state index contributed by atoms with van der Waals surface area (Å²) in [5.74, 6) is 2.69. The molecule has 132 valence electrons. The lowest BCUT2D eigenvalue weighted by atomic mass is 9.74. The van der Waals surface area contributed by atoms with Gasteiger partial charge in [-0.15, -0.1) is 0 Å². The number of nitrogens with one attached hydrogen (secondary N) is 1. The number of anilines is 1. The van der Waals surface area contributed by atoms with E-state index in [9.17, 15) is 0 Å². The molecule has 5 heterocycles. The van der Waals surface area contributed by atoms with Gasteiger partial charge in [-0.2, -0.15) is 5.10 Å². The van der Waals surface area contributed by atoms with Crippen LogP contribution in [0.25, 0.3) is 11.0 Å². The van der Waals surface area contributed by atoms with Crippen LogP contribution >= 0.6 is 0 Å². The van der Waals surface area contributed by atoms with E-state index < -0.39 is 0 Å². The van der Waals surface area contributed by atoms with Crippen molar-refractivity contribution in [2.75, 3.05) is 24.5 Å². The molecule has 1 saturated carbocycles. The molecule has 6 rings (SSSR count). The Hall–Kier alpha value is -1.62. The van der Waals surface area contributed by atoms with Crippen LogP contribution in [-0.2, 0) is 0 Å². The maximum atomic E-state index is 4.42. The van der Waals surface area contributed by atoms with Gasteiger partial charge >= 0.3 is 0 Å². The van der Waals surface area contributed by atoms with E-state index in [4.69, 9.17) is 0 Å². The van der Waals surface area contributed by atoms with Gasteiger partial charge < -0.3 is 4.90 Å². The van der Waals surface area contributed by atoms with Crippen LogP contribution in [0.15, 0.2) is 18.5 Å². The quantitative estimate of drug-likeness (QED) is 0.915. The van der Waals surface area contributed by atoms with Gasteiger partial charge in [-0.05, 0) is 55.9 Å². The summed E-state index contributed by atoms with van der Waals surface area (Å²) in [5.41, 5.74) is 2.25. The molecule has 0 amide bonds. The molecule has 1 aliphatic carbocycles. The van der Waals surface area contributed by atoms with Crippen molar-refractivity contribution in [1.29, 1.82) is 0 Å². The van der Waals surface area contributed by atoms with Crippen molar-refractivity contribution in [3.05, 3.63) is 18.5 Å². The molecule has 4 atom stereocenters. The first-order valence-electron chi connectivity index (χ1n) is 10.2. The number of nitrogens with zero attached hydrogens (tertiary/aromatic N) is 4. The molecular formula is C20H27N5. The number of rotatable bonds is 2. The van der Waals surface area contributed by atoms with Crippen LogP contribution in [0.5, 0.6) is 0 Å². The summed E-state index contributed by atoms with van der Waals surface area (Å²) < 4.78 is 0. The zero-order chi connectivity index (χ0) is 16.4. The number of hydrogen-bond acceptors (Lipinski definition) is 4. The van der Waals surface area contributed by atoms with E-state index in [-0.39, 0.29) is 0 Å². The van der Waals surface area contributed by atoms with Gasteiger partial charge in [0.2, 0.25) is 0 Å². The molecule has 3 saturated heterocycles. The van der Waals surface area contributed by atoms with Gasteiger partial charge in [0.15, 0.2) is 5.65 Å². The fourth-order valence-electron chi connectivity index (χ4n) is 6.14. The lowest BCUT2D eigenvalue weighted by molar-refractivity contribution is -0.0258. The summed E-state index contributed by atoms with van der Waals surface area (Å²) in [7, 11) is 0. The van der Waals surface area contributed by atoms with E-state index in [1.165, 1.54) is 69.2 Å². The highest BCUT2D eigenvalue weighted by Gasteiger charge is 2.48. The van der Waals surface area contributed by atoms with Crippen molar-refractivity contribution in [2.45, 2.75) is 50.6 Å². The van der Waals surface area contributed by atoms with Gasteiger partial charge in [0.05, 0.1) is 17.3 Å². The number of piperidine rings is 3. The molecule has 3 aliphatic heterocycles. The van der Waals surface area contributed by atoms with Crippen molar-refractivity contribution in [3.63, 3.8) is 0 Å². The second kappa shape index (κ2) is 5.44. The maximum Gasteiger partial charge on any atom is 0.157 e. The zero-order valence-electron chi connectivity index (χ0n) is 14.8. The summed E-state index contributed by atoms with van der Waals surface area (Å²) >= 11 is 0. The summed E-state index contributed by atoms with van der Waals surface area (Å²) in [4.78, 5) is 10.0. The highest BCUT2D eigenvalue weighted by atomic mass is 15.3. The van der Waals surface area contributed by atoms with Gasteiger partial charge in [-0.3, -0.25) is 10.00 Å². The fourth-order valence-corrected chi connectivity index (χ4v) is 6.14. The van der Waals surface area contributed by atoms with Crippen molar-refractivity contribution in [3.8, 4) is 0 Å². The Morgan fingerprint density at radius 1 is 1.00 bits per heavy atom. The Morgan fingerprint density at radius 2 is 1.88 bits per heavy atom. The first-order chi connectivity index (χ1) is 12.4. The first-order valence-corrected chi connectivity index (χ1v) is 10.2. The van der Waals surface area contributed by atoms with Crippen molar-refractivity contribution in [2.24, 2.45) is 17.8 Å². The summed E-state index contributed by atoms with van der Waals surface area (Å²) in [6, 6.07) is 3.93. The minimum Gasteiger partial charge on any atom is -0.370 e. The van der Waals surface area contributed by atoms with E-state index in [0.717, 1.165) is 35.5 Å². The largest absolute Gasteiger partial charge is 0.370 e. The van der Waals surface area contributed by atoms with Crippen molar-refractivity contribution >= 4 is 16.7 Å². The number of pyridine rings is 1. The van der Waals surface area contributed by atoms with E-state index in [1.54, 1.807) is 0 Å². The maximum absolute atomic E-state index is 4.42. The Kier molecular flexibility index (Phi) is 3.16. The summed E-state index contributed by atoms with van der Waals surface area (Å²) in [6.07, 6.45) is 12.6. The predicted molar refractivity (Wildman–Crippen MR) is 98.6 cm³/mol. The van der Waals surface area contributed by atoms with Gasteiger partial charge in [0, 0.05) is 37.9 Å². The average molecular weight is 337 g/mol. The average Bonchev–Trinajstić information content (AvgIpc) is 3.37. The van der Waals surface area contributed by atoms with Gasteiger partial charge in [0.25, 0.3) is 0 Å². The standard InChI is InChI=1S/C20H27N5/c1-2-17(14-4-5-14)25-11-13-8-15(18(25)3-1)12-24(10-13)19-6-7-21-20-16(19)9-22-23-20/h6-7,9,13-15,17-18H,1-5,8,10-12H2,(H,21,22,23)/t13-,15+,17+,18-/m0/s1. The van der Waals surface area contributed by atoms with E-state index in [2.05, 4.69) is 31.0 Å². The normalized spacial score (nSPS) is 35.8. The van der Waals surface area contributed by atoms with E-state index >= 15 is 0 Å². The van der Waals surface area contributed by atoms with E-state index in [1.807, 2.05) is 12.4 Å². The van der Waals surface area contributed by atoms with Gasteiger partial charge in [-0.25, -0.2) is 4.98 Å². The molecule has 2 bridgehead atoms. The molecule has 4 aliphatic rings. The molecule has 2 aromatic heterocycles. The third kappa shape index (κ3) is 2.31. The highest BCUT2D eigenvalue weighted by Crippen LogP contribution is 2.47. The predicted octanol–water partition coefficient (Wildman–Crippen LogP) is 3.05. The molecular weight excluding hydrogens is 310 g/mol. The molecule has 0 aromatic carbocycles. The van der Waals surface area contributed by atoms with Crippen molar-refractivity contribution < 1.29 is 0 Å². The van der Waals surface area contributed by atoms with Crippen LogP contribution in [0.3, 0.4) is 0 Å². The van der Waals surface area contributed by atoms with E-state index in [0.29, 0.717) is 0 Å². The van der Waals surface area contributed by atoms with Crippen LogP contribution in [0.4, 0.5) is 5.69 Å². The zero-order valence-corrected chi connectivity index (χ0v) is 14.8. The Morgan fingerprint density at radius 3 is 2.76 bits per heavy atom. The molecule has 4 fully saturated rings. The molecule has 0 radical (unpaired) electrons. The lowest BCUT2D eigenvalue weighted by Crippen LogP contribution is -2.62. The lowest BCUT2D eigenvalue weighted by Gasteiger charge is -2.55. The number of aromatic nitrogens is 3. The minimum atomic E-state index is 0.824. The highest BCUT2D eigenvalue weighted by molar-refractivity contribution is 5.88. The third-order valence-electron chi connectivity index (χ3n) is 7.27. The van der Waals surface area contributed by atoms with Crippen LogP contribution in [0.1, 0.15) is 38.5 Å². The summed E-state index contributed by atoms with van der Waals surface area (Å²) in [5, 5.41) is 8.41. The van der Waals surface area contributed by atoms with Crippen LogP contribution < -0.4 is 4.90 Å². The van der Waals surface area contributed by atoms with Crippen LogP contribution in [0.2, 0.25) is 0 Å². The minimum absolute atomic E-state index is 0.824. The second-order valence-electron chi connectivity index (χ2n) is 8.83. The smallest absolute Gasteiger partial charge is 0.157 e. The van der Waals surface area contributed by atoms with Gasteiger partial charge in [-0.1, -0.05) is 6.42 Å². The van der Waals surface area contributed by atoms with Crippen molar-refractivity contribution in [1.82, 2.24) is 20.1 Å². The number of H-pyrrole nitrogens is 1. The molecule has 25 heavy (non-hydrogen) atoms. The fraction of sp³-hybridized carbons (Fsp3) is 0.700. The van der Waals surface area contributed by atoms with Gasteiger partial charge in [0.1, 0.15) is 0 Å². The number of fused-ring (bicyclic) bond motifs is 5. The molecule has 0 spiro atoms. The Balaban J connectivity index is 1.30. The SMILES string of the molecule is c1cc(N2C[C@@H]3C[C@H](C2)[C@@H]2CCC[C@H](C4CC4)N2C3)c2cn[nH]c2n1. The Bertz CT molecular complexity index is 781. The topological polar surface area (TPSA) is 48.0 Å². The third-order valence-corrected chi connectivity index (χ3v) is 7.27. The monoisotopic (exact) mass is 337 g/mol. The molecule has 1 N–H and O–H groups in total.